The minimum absolute atomic E-state index is 0.526. The van der Waals surface area contributed by atoms with Crippen LogP contribution in [0.3, 0.4) is 0 Å². The van der Waals surface area contributed by atoms with Gasteiger partial charge in [0.25, 0.3) is 0 Å². The number of likely N-dealkylation sites (tertiary alicyclic amines) is 1. The summed E-state index contributed by atoms with van der Waals surface area (Å²) < 4.78 is 3.88. The Hall–Kier alpha value is -0.680. The van der Waals surface area contributed by atoms with Crippen LogP contribution >= 0.6 is 11.5 Å². The molecule has 0 aromatic carbocycles. The number of anilines is 1. The quantitative estimate of drug-likeness (QED) is 0.876. The van der Waals surface area contributed by atoms with E-state index in [2.05, 4.69) is 28.3 Å². The Morgan fingerprint density at radius 1 is 1.44 bits per heavy atom. The summed E-state index contributed by atoms with van der Waals surface area (Å²) in [6.45, 7) is 7.80. The average molecular weight is 240 g/mol. The third kappa shape index (κ3) is 2.20. The molecule has 2 heterocycles. The van der Waals surface area contributed by atoms with Crippen LogP contribution in [0.5, 0.6) is 0 Å². The maximum Gasteiger partial charge on any atom is 0.132 e. The Morgan fingerprint density at radius 2 is 2.19 bits per heavy atom. The third-order valence-electron chi connectivity index (χ3n) is 3.98. The predicted octanol–water partition coefficient (Wildman–Crippen LogP) is 2.13. The summed E-state index contributed by atoms with van der Waals surface area (Å²) >= 11 is 1.29. The lowest BCUT2D eigenvalue weighted by molar-refractivity contribution is 0.235. The Morgan fingerprint density at radius 3 is 2.69 bits per heavy atom. The Labute approximate surface area is 101 Å². The van der Waals surface area contributed by atoms with Crippen LogP contribution in [0.15, 0.2) is 0 Å². The normalized spacial score (nSPS) is 20.4. The van der Waals surface area contributed by atoms with Crippen molar-refractivity contribution in [2.45, 2.75) is 39.7 Å². The van der Waals surface area contributed by atoms with Crippen molar-refractivity contribution < 1.29 is 0 Å². The Kier molecular flexibility index (Phi) is 3.44. The molecule has 0 radical (unpaired) electrons. The number of nitrogen functional groups attached to an aromatic ring is 1. The molecule has 1 aliphatic rings. The van der Waals surface area contributed by atoms with Gasteiger partial charge in [0.2, 0.25) is 0 Å². The SMILES string of the molecule is CCC1(CC)CCN(Cc2nnsc2N)C1. The van der Waals surface area contributed by atoms with Crippen molar-refractivity contribution in [3.63, 3.8) is 0 Å². The number of rotatable bonds is 4. The first-order chi connectivity index (χ1) is 7.69. The maximum absolute atomic E-state index is 5.82. The van der Waals surface area contributed by atoms with Gasteiger partial charge < -0.3 is 5.73 Å². The predicted molar refractivity (Wildman–Crippen MR) is 67.2 cm³/mol. The zero-order valence-electron chi connectivity index (χ0n) is 10.1. The van der Waals surface area contributed by atoms with E-state index in [0.717, 1.165) is 17.2 Å². The second-order valence-electron chi connectivity index (χ2n) is 4.75. The van der Waals surface area contributed by atoms with E-state index in [-0.39, 0.29) is 0 Å². The largest absolute Gasteiger partial charge is 0.388 e. The van der Waals surface area contributed by atoms with Gasteiger partial charge in [0, 0.05) is 24.6 Å². The molecule has 90 valence electrons. The van der Waals surface area contributed by atoms with Crippen molar-refractivity contribution in [3.8, 4) is 0 Å². The molecule has 0 bridgehead atoms. The zero-order chi connectivity index (χ0) is 11.6. The van der Waals surface area contributed by atoms with E-state index in [1.807, 2.05) is 0 Å². The van der Waals surface area contributed by atoms with E-state index in [1.54, 1.807) is 0 Å². The summed E-state index contributed by atoms with van der Waals surface area (Å²) in [6.07, 6.45) is 3.84. The van der Waals surface area contributed by atoms with Crippen LogP contribution in [0.4, 0.5) is 5.00 Å². The van der Waals surface area contributed by atoms with Crippen LogP contribution in [0.25, 0.3) is 0 Å². The smallest absolute Gasteiger partial charge is 0.132 e. The van der Waals surface area contributed by atoms with Crippen molar-refractivity contribution in [2.24, 2.45) is 5.41 Å². The van der Waals surface area contributed by atoms with Crippen molar-refractivity contribution in [3.05, 3.63) is 5.69 Å². The van der Waals surface area contributed by atoms with Gasteiger partial charge in [-0.05, 0) is 31.2 Å². The van der Waals surface area contributed by atoms with Crippen molar-refractivity contribution in [1.82, 2.24) is 14.5 Å². The topological polar surface area (TPSA) is 55.0 Å². The summed E-state index contributed by atoms with van der Waals surface area (Å²) in [5, 5.41) is 4.85. The van der Waals surface area contributed by atoms with E-state index in [9.17, 15) is 0 Å². The first-order valence-corrected chi connectivity index (χ1v) is 6.75. The molecule has 2 rings (SSSR count). The van der Waals surface area contributed by atoms with Crippen molar-refractivity contribution in [2.75, 3.05) is 18.8 Å². The number of hydrogen-bond donors (Lipinski definition) is 1. The maximum atomic E-state index is 5.82. The van der Waals surface area contributed by atoms with Crippen molar-refractivity contribution in [1.29, 1.82) is 0 Å². The standard InChI is InChI=1S/C11H20N4S/c1-3-11(4-2)5-6-15(8-11)7-9-10(12)16-14-13-9/h3-8,12H2,1-2H3. The van der Waals surface area contributed by atoms with Crippen LogP contribution in [0.1, 0.15) is 38.8 Å². The van der Waals surface area contributed by atoms with E-state index >= 15 is 0 Å². The monoisotopic (exact) mass is 240 g/mol. The molecular formula is C11H20N4S. The number of nitrogens with two attached hydrogens (primary N) is 1. The fourth-order valence-electron chi connectivity index (χ4n) is 2.53. The van der Waals surface area contributed by atoms with Crippen molar-refractivity contribution >= 4 is 16.5 Å². The summed E-state index contributed by atoms with van der Waals surface area (Å²) in [5.74, 6) is 0. The van der Waals surface area contributed by atoms with Gasteiger partial charge in [0.05, 0.1) is 0 Å². The summed E-state index contributed by atoms with van der Waals surface area (Å²) in [7, 11) is 0. The molecule has 0 amide bonds. The van der Waals surface area contributed by atoms with Crippen LogP contribution in [0.2, 0.25) is 0 Å². The summed E-state index contributed by atoms with van der Waals surface area (Å²) in [6, 6.07) is 0. The van der Waals surface area contributed by atoms with Gasteiger partial charge in [0.15, 0.2) is 0 Å². The van der Waals surface area contributed by atoms with Crippen LogP contribution in [-0.4, -0.2) is 27.6 Å². The highest BCUT2D eigenvalue weighted by Gasteiger charge is 2.35. The molecule has 1 saturated heterocycles. The number of hydrogen-bond acceptors (Lipinski definition) is 5. The molecule has 1 fully saturated rings. The lowest BCUT2D eigenvalue weighted by Crippen LogP contribution is -2.26. The van der Waals surface area contributed by atoms with Crippen LogP contribution in [0, 0.1) is 5.41 Å². The molecule has 0 unspecified atom stereocenters. The minimum Gasteiger partial charge on any atom is -0.388 e. The van der Waals surface area contributed by atoms with Gasteiger partial charge in [-0.1, -0.05) is 18.3 Å². The van der Waals surface area contributed by atoms with Gasteiger partial charge in [-0.25, -0.2) is 0 Å². The highest BCUT2D eigenvalue weighted by Crippen LogP contribution is 2.37. The fraction of sp³-hybridized carbons (Fsp3) is 0.818. The van der Waals surface area contributed by atoms with E-state index in [0.29, 0.717) is 5.41 Å². The van der Waals surface area contributed by atoms with E-state index < -0.39 is 0 Å². The number of aromatic nitrogens is 2. The third-order valence-corrected chi connectivity index (χ3v) is 4.57. The lowest BCUT2D eigenvalue weighted by atomic mass is 9.82. The second-order valence-corrected chi connectivity index (χ2v) is 5.54. The first-order valence-electron chi connectivity index (χ1n) is 5.98. The van der Waals surface area contributed by atoms with Crippen LogP contribution < -0.4 is 5.73 Å². The average Bonchev–Trinajstić information content (AvgIpc) is 2.88. The number of nitrogens with zero attached hydrogens (tertiary/aromatic N) is 3. The molecule has 0 aliphatic carbocycles. The fourth-order valence-corrected chi connectivity index (χ4v) is 2.96. The highest BCUT2D eigenvalue weighted by molar-refractivity contribution is 7.09. The molecule has 2 N–H and O–H groups in total. The summed E-state index contributed by atoms with van der Waals surface area (Å²) in [5.41, 5.74) is 7.30. The van der Waals surface area contributed by atoms with Gasteiger partial charge in [-0.15, -0.1) is 5.10 Å². The Balaban J connectivity index is 1.97. The molecule has 16 heavy (non-hydrogen) atoms. The molecule has 0 spiro atoms. The molecule has 0 atom stereocenters. The molecule has 5 heteroatoms. The summed E-state index contributed by atoms with van der Waals surface area (Å²) in [4.78, 5) is 2.46. The zero-order valence-corrected chi connectivity index (χ0v) is 10.9. The highest BCUT2D eigenvalue weighted by atomic mass is 32.1. The van der Waals surface area contributed by atoms with E-state index in [4.69, 9.17) is 5.73 Å². The van der Waals surface area contributed by atoms with Gasteiger partial charge >= 0.3 is 0 Å². The molecular weight excluding hydrogens is 220 g/mol. The van der Waals surface area contributed by atoms with Gasteiger partial charge in [-0.3, -0.25) is 4.90 Å². The molecule has 0 saturated carbocycles. The minimum atomic E-state index is 0.526. The van der Waals surface area contributed by atoms with Crippen LogP contribution in [-0.2, 0) is 6.54 Å². The molecule has 1 aromatic rings. The first kappa shape index (κ1) is 11.8. The van der Waals surface area contributed by atoms with Gasteiger partial charge in [0.1, 0.15) is 10.7 Å². The molecule has 1 aliphatic heterocycles. The van der Waals surface area contributed by atoms with E-state index in [1.165, 1.54) is 43.9 Å². The molecule has 4 nitrogen and oxygen atoms in total. The van der Waals surface area contributed by atoms with Gasteiger partial charge in [-0.2, -0.15) is 0 Å². The Bertz CT molecular complexity index is 346. The lowest BCUT2D eigenvalue weighted by Gasteiger charge is -2.26. The molecule has 1 aromatic heterocycles. The second kappa shape index (κ2) is 4.67.